The van der Waals surface area contributed by atoms with Crippen LogP contribution in [0.1, 0.15) is 24.7 Å². The minimum Gasteiger partial charge on any atom is -0.504 e. The van der Waals surface area contributed by atoms with Crippen molar-refractivity contribution in [2.45, 2.75) is 18.9 Å². The zero-order valence-electron chi connectivity index (χ0n) is 9.17. The van der Waals surface area contributed by atoms with E-state index in [4.69, 9.17) is 0 Å². The molecule has 0 radical (unpaired) electrons. The van der Waals surface area contributed by atoms with Gasteiger partial charge in [-0.25, -0.2) is 0 Å². The second-order valence-corrected chi connectivity index (χ2v) is 4.28. The van der Waals surface area contributed by atoms with Gasteiger partial charge in [0.1, 0.15) is 0 Å². The SMILES string of the molecule is CN1CCCC1c1nnc2c(O)cccn12. The van der Waals surface area contributed by atoms with Crippen LogP contribution >= 0.6 is 0 Å². The molecule has 0 aromatic carbocycles. The Labute approximate surface area is 93.3 Å². The number of aromatic hydroxyl groups is 1. The number of likely N-dealkylation sites (tertiary alicyclic amines) is 1. The maximum atomic E-state index is 9.66. The average molecular weight is 218 g/mol. The number of hydrogen-bond donors (Lipinski definition) is 1. The zero-order chi connectivity index (χ0) is 11.1. The van der Waals surface area contributed by atoms with Gasteiger partial charge in [-0.05, 0) is 38.6 Å². The van der Waals surface area contributed by atoms with Crippen LogP contribution in [0.25, 0.3) is 5.65 Å². The van der Waals surface area contributed by atoms with Crippen molar-refractivity contribution in [2.24, 2.45) is 0 Å². The molecule has 0 amide bonds. The number of nitrogens with zero attached hydrogens (tertiary/aromatic N) is 4. The lowest BCUT2D eigenvalue weighted by Crippen LogP contribution is -2.19. The van der Waals surface area contributed by atoms with Gasteiger partial charge in [0.2, 0.25) is 5.65 Å². The van der Waals surface area contributed by atoms with E-state index < -0.39 is 0 Å². The van der Waals surface area contributed by atoms with Gasteiger partial charge in [0.05, 0.1) is 6.04 Å². The number of aromatic nitrogens is 3. The van der Waals surface area contributed by atoms with Gasteiger partial charge in [-0.3, -0.25) is 9.30 Å². The molecule has 1 unspecified atom stereocenters. The van der Waals surface area contributed by atoms with Crippen LogP contribution in [0.5, 0.6) is 5.75 Å². The van der Waals surface area contributed by atoms with Gasteiger partial charge in [0.25, 0.3) is 0 Å². The van der Waals surface area contributed by atoms with Crippen molar-refractivity contribution in [1.82, 2.24) is 19.5 Å². The van der Waals surface area contributed by atoms with Crippen molar-refractivity contribution in [3.8, 4) is 5.75 Å². The molecule has 5 nitrogen and oxygen atoms in total. The Balaban J connectivity index is 2.14. The maximum Gasteiger partial charge on any atom is 0.203 e. The van der Waals surface area contributed by atoms with Gasteiger partial charge >= 0.3 is 0 Å². The van der Waals surface area contributed by atoms with Gasteiger partial charge in [-0.15, -0.1) is 10.2 Å². The van der Waals surface area contributed by atoms with Gasteiger partial charge in [0.15, 0.2) is 11.6 Å². The molecule has 16 heavy (non-hydrogen) atoms. The summed E-state index contributed by atoms with van der Waals surface area (Å²) >= 11 is 0. The molecule has 2 aromatic rings. The standard InChI is InChI=1S/C11H14N4O/c1-14-6-2-4-8(14)10-12-13-11-9(16)5-3-7-15(10)11/h3,5,7-8,16H,2,4,6H2,1H3. The van der Waals surface area contributed by atoms with Crippen molar-refractivity contribution in [2.75, 3.05) is 13.6 Å². The van der Waals surface area contributed by atoms with E-state index >= 15 is 0 Å². The molecule has 1 atom stereocenters. The third kappa shape index (κ3) is 1.28. The number of rotatable bonds is 1. The number of pyridine rings is 1. The predicted octanol–water partition coefficient (Wildman–Crippen LogP) is 1.20. The highest BCUT2D eigenvalue weighted by atomic mass is 16.3. The lowest BCUT2D eigenvalue weighted by atomic mass is 10.2. The van der Waals surface area contributed by atoms with E-state index in [0.717, 1.165) is 18.8 Å². The summed E-state index contributed by atoms with van der Waals surface area (Å²) in [5.74, 6) is 1.10. The smallest absolute Gasteiger partial charge is 0.203 e. The molecule has 0 aliphatic carbocycles. The highest BCUT2D eigenvalue weighted by Gasteiger charge is 2.27. The molecule has 1 aliphatic heterocycles. The van der Waals surface area contributed by atoms with Gasteiger partial charge in [-0.2, -0.15) is 0 Å². The summed E-state index contributed by atoms with van der Waals surface area (Å²) in [6, 6.07) is 3.76. The molecule has 0 bridgehead atoms. The van der Waals surface area contributed by atoms with E-state index in [1.807, 2.05) is 16.7 Å². The van der Waals surface area contributed by atoms with E-state index in [2.05, 4.69) is 22.1 Å². The first-order valence-electron chi connectivity index (χ1n) is 5.50. The molecule has 84 valence electrons. The van der Waals surface area contributed by atoms with Gasteiger partial charge in [0, 0.05) is 6.20 Å². The fourth-order valence-electron chi connectivity index (χ4n) is 2.38. The molecule has 2 aromatic heterocycles. The van der Waals surface area contributed by atoms with Crippen LogP contribution in [0, 0.1) is 0 Å². The van der Waals surface area contributed by atoms with Crippen LogP contribution in [0.15, 0.2) is 18.3 Å². The average Bonchev–Trinajstić information content (AvgIpc) is 2.84. The third-order valence-electron chi connectivity index (χ3n) is 3.26. The van der Waals surface area contributed by atoms with Crippen molar-refractivity contribution >= 4 is 5.65 Å². The Morgan fingerprint density at radius 2 is 2.31 bits per heavy atom. The van der Waals surface area contributed by atoms with Crippen molar-refractivity contribution in [1.29, 1.82) is 0 Å². The zero-order valence-corrected chi connectivity index (χ0v) is 9.17. The molecule has 3 heterocycles. The lowest BCUT2D eigenvalue weighted by Gasteiger charge is -2.17. The number of hydrogen-bond acceptors (Lipinski definition) is 4. The fraction of sp³-hybridized carbons (Fsp3) is 0.455. The monoisotopic (exact) mass is 218 g/mol. The van der Waals surface area contributed by atoms with Gasteiger partial charge in [-0.1, -0.05) is 0 Å². The molecule has 1 fully saturated rings. The van der Waals surface area contributed by atoms with E-state index in [-0.39, 0.29) is 5.75 Å². The summed E-state index contributed by atoms with van der Waals surface area (Å²) in [7, 11) is 2.10. The Morgan fingerprint density at radius 1 is 1.44 bits per heavy atom. The highest BCUT2D eigenvalue weighted by molar-refractivity contribution is 5.52. The highest BCUT2D eigenvalue weighted by Crippen LogP contribution is 2.30. The van der Waals surface area contributed by atoms with Crippen LogP contribution in [0.4, 0.5) is 0 Å². The van der Waals surface area contributed by atoms with Crippen molar-refractivity contribution in [3.63, 3.8) is 0 Å². The first-order valence-corrected chi connectivity index (χ1v) is 5.50. The van der Waals surface area contributed by atoms with Gasteiger partial charge < -0.3 is 5.11 Å². The van der Waals surface area contributed by atoms with Crippen LogP contribution in [-0.4, -0.2) is 38.2 Å². The minimum atomic E-state index is 0.182. The topological polar surface area (TPSA) is 53.7 Å². The lowest BCUT2D eigenvalue weighted by molar-refractivity contribution is 0.304. The summed E-state index contributed by atoms with van der Waals surface area (Å²) in [6.07, 6.45) is 4.19. The van der Waals surface area contributed by atoms with E-state index in [0.29, 0.717) is 11.7 Å². The van der Waals surface area contributed by atoms with E-state index in [1.165, 1.54) is 6.42 Å². The van der Waals surface area contributed by atoms with Crippen molar-refractivity contribution < 1.29 is 5.11 Å². The predicted molar refractivity (Wildman–Crippen MR) is 59.3 cm³/mol. The Kier molecular flexibility index (Phi) is 2.07. The molecule has 0 spiro atoms. The molecule has 0 saturated carbocycles. The Hall–Kier alpha value is -1.62. The van der Waals surface area contributed by atoms with Crippen LogP contribution in [-0.2, 0) is 0 Å². The quantitative estimate of drug-likeness (QED) is 0.781. The molecule has 1 aliphatic rings. The summed E-state index contributed by atoms with van der Waals surface area (Å²) in [5.41, 5.74) is 0.540. The Bertz CT molecular complexity index is 522. The first kappa shape index (κ1) is 9.59. The maximum absolute atomic E-state index is 9.66. The second kappa shape index (κ2) is 3.45. The second-order valence-electron chi connectivity index (χ2n) is 4.28. The van der Waals surface area contributed by atoms with Crippen molar-refractivity contribution in [3.05, 3.63) is 24.2 Å². The van der Waals surface area contributed by atoms with E-state index in [9.17, 15) is 5.11 Å². The summed E-state index contributed by atoms with van der Waals surface area (Å²) in [5, 5.41) is 17.9. The van der Waals surface area contributed by atoms with Crippen LogP contribution in [0.3, 0.4) is 0 Å². The molecule has 1 saturated heterocycles. The third-order valence-corrected chi connectivity index (χ3v) is 3.26. The number of fused-ring (bicyclic) bond motifs is 1. The van der Waals surface area contributed by atoms with E-state index in [1.54, 1.807) is 6.07 Å². The largest absolute Gasteiger partial charge is 0.504 e. The molecule has 1 N–H and O–H groups in total. The fourth-order valence-corrected chi connectivity index (χ4v) is 2.38. The normalized spacial score (nSPS) is 21.9. The molecule has 5 heteroatoms. The first-order chi connectivity index (χ1) is 7.77. The van der Waals surface area contributed by atoms with Crippen LogP contribution in [0.2, 0.25) is 0 Å². The Morgan fingerprint density at radius 3 is 3.06 bits per heavy atom. The summed E-state index contributed by atoms with van der Waals surface area (Å²) in [6.45, 7) is 1.10. The minimum absolute atomic E-state index is 0.182. The summed E-state index contributed by atoms with van der Waals surface area (Å²) < 4.78 is 1.88. The van der Waals surface area contributed by atoms with Crippen LogP contribution < -0.4 is 0 Å². The summed E-state index contributed by atoms with van der Waals surface area (Å²) in [4.78, 5) is 2.28. The molecular formula is C11H14N4O. The molecule has 3 rings (SSSR count). The molecular weight excluding hydrogens is 204 g/mol.